The minimum atomic E-state index is -0.0341. The lowest BCUT2D eigenvalue weighted by Gasteiger charge is -2.32. The highest BCUT2D eigenvalue weighted by Gasteiger charge is 2.25. The Balaban J connectivity index is 1.36. The number of carbonyl (C=O) groups excluding carboxylic acids is 2. The van der Waals surface area contributed by atoms with Gasteiger partial charge in [-0.05, 0) is 36.6 Å². The molecule has 1 atom stereocenters. The van der Waals surface area contributed by atoms with Gasteiger partial charge in [-0.25, -0.2) is 0 Å². The molecular weight excluding hydrogens is 422 g/mol. The third-order valence-corrected chi connectivity index (χ3v) is 5.92. The fraction of sp³-hybridized carbons (Fsp3) is 0.429. The molecule has 1 N–H and O–H groups in total. The molecule has 0 aliphatic carbocycles. The van der Waals surface area contributed by atoms with Crippen molar-refractivity contribution in [3.8, 4) is 0 Å². The van der Waals surface area contributed by atoms with E-state index in [2.05, 4.69) is 25.8 Å². The number of carbonyl (C=O) groups is 2. The van der Waals surface area contributed by atoms with Crippen molar-refractivity contribution in [2.45, 2.75) is 18.9 Å². The lowest BCUT2D eigenvalue weighted by atomic mass is 10.1. The Kier molecular flexibility index (Phi) is 5.94. The van der Waals surface area contributed by atoms with Crippen molar-refractivity contribution >= 4 is 27.6 Å². The Morgan fingerprint density at radius 1 is 1.14 bits per heavy atom. The zero-order valence-electron chi connectivity index (χ0n) is 15.7. The van der Waals surface area contributed by atoms with Crippen molar-refractivity contribution in [1.29, 1.82) is 0 Å². The van der Waals surface area contributed by atoms with Gasteiger partial charge >= 0.3 is 0 Å². The first-order valence-electron chi connectivity index (χ1n) is 9.70. The number of rotatable bonds is 5. The second-order valence-corrected chi connectivity index (χ2v) is 8.29. The normalized spacial score (nSPS) is 20.5. The minimum Gasteiger partial charge on any atom is -0.371 e. The number of halogens is 1. The fourth-order valence-corrected chi connectivity index (χ4v) is 4.05. The molecule has 1 amide bonds. The Labute approximate surface area is 173 Å². The molecule has 0 spiro atoms. The molecule has 1 aromatic carbocycles. The number of amides is 1. The van der Waals surface area contributed by atoms with Crippen LogP contribution < -0.4 is 0 Å². The van der Waals surface area contributed by atoms with E-state index in [-0.39, 0.29) is 17.8 Å². The number of likely N-dealkylation sites (tertiary alicyclic amines) is 1. The third kappa shape index (κ3) is 4.37. The average molecular weight is 446 g/mol. The summed E-state index contributed by atoms with van der Waals surface area (Å²) in [6.45, 7) is 3.92. The second kappa shape index (κ2) is 8.59. The fourth-order valence-electron chi connectivity index (χ4n) is 3.79. The first-order valence-corrected chi connectivity index (χ1v) is 10.5. The Hall–Kier alpha value is -1.96. The van der Waals surface area contributed by atoms with Gasteiger partial charge in [0.2, 0.25) is 0 Å². The van der Waals surface area contributed by atoms with Crippen LogP contribution in [0.2, 0.25) is 0 Å². The van der Waals surface area contributed by atoms with E-state index in [1.54, 1.807) is 12.3 Å². The zero-order chi connectivity index (χ0) is 19.5. The quantitative estimate of drug-likeness (QED) is 0.717. The van der Waals surface area contributed by atoms with Crippen LogP contribution in [0.1, 0.15) is 45.4 Å². The summed E-state index contributed by atoms with van der Waals surface area (Å²) in [5.74, 6) is 0.00593. The lowest BCUT2D eigenvalue weighted by molar-refractivity contribution is -0.0275. The van der Waals surface area contributed by atoms with E-state index in [0.717, 1.165) is 42.5 Å². The van der Waals surface area contributed by atoms with Gasteiger partial charge in [0.25, 0.3) is 5.91 Å². The van der Waals surface area contributed by atoms with E-state index in [9.17, 15) is 9.59 Å². The Morgan fingerprint density at radius 2 is 1.89 bits per heavy atom. The maximum Gasteiger partial charge on any atom is 0.270 e. The number of nitrogens with one attached hydrogen (secondary N) is 1. The van der Waals surface area contributed by atoms with E-state index in [1.807, 2.05) is 29.2 Å². The van der Waals surface area contributed by atoms with E-state index in [0.29, 0.717) is 31.0 Å². The zero-order valence-corrected chi connectivity index (χ0v) is 17.3. The third-order valence-electron chi connectivity index (χ3n) is 5.39. The highest BCUT2D eigenvalue weighted by molar-refractivity contribution is 9.10. The van der Waals surface area contributed by atoms with E-state index in [4.69, 9.17) is 4.74 Å². The summed E-state index contributed by atoms with van der Waals surface area (Å²) in [5, 5.41) is 0. The molecule has 1 unspecified atom stereocenters. The SMILES string of the molecule is O=C(CN1CCOC(c2ccc(Br)cc2)C1)c1c[nH]c(C(=O)N2CCCC2)c1. The van der Waals surface area contributed by atoms with Crippen molar-refractivity contribution in [1.82, 2.24) is 14.8 Å². The number of benzene rings is 1. The smallest absolute Gasteiger partial charge is 0.270 e. The number of aromatic amines is 1. The van der Waals surface area contributed by atoms with Gasteiger partial charge in [-0.2, -0.15) is 0 Å². The molecule has 0 radical (unpaired) electrons. The van der Waals surface area contributed by atoms with Gasteiger partial charge in [0, 0.05) is 42.4 Å². The van der Waals surface area contributed by atoms with Crippen molar-refractivity contribution in [2.24, 2.45) is 0 Å². The maximum absolute atomic E-state index is 12.7. The van der Waals surface area contributed by atoms with Gasteiger partial charge in [-0.1, -0.05) is 28.1 Å². The monoisotopic (exact) mass is 445 g/mol. The standard InChI is InChI=1S/C21H24BrN3O3/c22-17-5-3-15(4-6-17)20-14-24(9-10-28-20)13-19(26)16-11-18(23-12-16)21(27)25-7-1-2-8-25/h3-6,11-12,20,23H,1-2,7-10,13-14H2. The van der Waals surface area contributed by atoms with Crippen LogP contribution in [0, 0.1) is 0 Å². The van der Waals surface area contributed by atoms with Crippen LogP contribution in [-0.4, -0.2) is 65.8 Å². The lowest BCUT2D eigenvalue weighted by Crippen LogP contribution is -2.41. The van der Waals surface area contributed by atoms with E-state index in [1.165, 1.54) is 0 Å². The molecule has 2 aliphatic rings. The van der Waals surface area contributed by atoms with Crippen molar-refractivity contribution in [2.75, 3.05) is 39.3 Å². The summed E-state index contributed by atoms with van der Waals surface area (Å²) in [6.07, 6.45) is 3.72. The topological polar surface area (TPSA) is 65.6 Å². The first-order chi connectivity index (χ1) is 13.6. The van der Waals surface area contributed by atoms with Gasteiger partial charge < -0.3 is 14.6 Å². The van der Waals surface area contributed by atoms with Crippen molar-refractivity contribution < 1.29 is 14.3 Å². The van der Waals surface area contributed by atoms with Gasteiger partial charge in [0.15, 0.2) is 5.78 Å². The molecule has 2 saturated heterocycles. The molecule has 2 fully saturated rings. The van der Waals surface area contributed by atoms with Gasteiger partial charge in [0.05, 0.1) is 19.3 Å². The van der Waals surface area contributed by atoms with Crippen LogP contribution in [-0.2, 0) is 4.74 Å². The summed E-state index contributed by atoms with van der Waals surface area (Å²) in [4.78, 5) is 32.1. The van der Waals surface area contributed by atoms with E-state index < -0.39 is 0 Å². The highest BCUT2D eigenvalue weighted by Crippen LogP contribution is 2.24. The van der Waals surface area contributed by atoms with Crippen LogP contribution >= 0.6 is 15.9 Å². The van der Waals surface area contributed by atoms with Crippen molar-refractivity contribution in [3.63, 3.8) is 0 Å². The average Bonchev–Trinajstić information content (AvgIpc) is 3.41. The molecule has 6 nitrogen and oxygen atoms in total. The number of morpholine rings is 1. The van der Waals surface area contributed by atoms with Crippen LogP contribution in [0.4, 0.5) is 0 Å². The molecule has 7 heteroatoms. The number of H-pyrrole nitrogens is 1. The van der Waals surface area contributed by atoms with Gasteiger partial charge in [-0.3, -0.25) is 14.5 Å². The van der Waals surface area contributed by atoms with Crippen molar-refractivity contribution in [3.05, 3.63) is 57.8 Å². The van der Waals surface area contributed by atoms with Gasteiger partial charge in [0.1, 0.15) is 5.69 Å². The molecule has 4 rings (SSSR count). The predicted octanol–water partition coefficient (Wildman–Crippen LogP) is 3.27. The second-order valence-electron chi connectivity index (χ2n) is 7.37. The molecular formula is C21H24BrN3O3. The summed E-state index contributed by atoms with van der Waals surface area (Å²) in [7, 11) is 0. The minimum absolute atomic E-state index is 0.0155. The first kappa shape index (κ1) is 19.4. The molecule has 0 bridgehead atoms. The van der Waals surface area contributed by atoms with E-state index >= 15 is 0 Å². The molecule has 2 aromatic rings. The van der Waals surface area contributed by atoms with Crippen LogP contribution in [0.5, 0.6) is 0 Å². The molecule has 1 aromatic heterocycles. The Morgan fingerprint density at radius 3 is 2.64 bits per heavy atom. The van der Waals surface area contributed by atoms with Gasteiger partial charge in [-0.15, -0.1) is 0 Å². The largest absolute Gasteiger partial charge is 0.371 e. The molecule has 148 valence electrons. The van der Waals surface area contributed by atoms with Crippen LogP contribution in [0.25, 0.3) is 0 Å². The summed E-state index contributed by atoms with van der Waals surface area (Å²) in [6, 6.07) is 9.78. The van der Waals surface area contributed by atoms with Crippen LogP contribution in [0.3, 0.4) is 0 Å². The maximum atomic E-state index is 12.7. The molecule has 28 heavy (non-hydrogen) atoms. The number of aromatic nitrogens is 1. The summed E-state index contributed by atoms with van der Waals surface area (Å²) >= 11 is 3.45. The number of nitrogens with zero attached hydrogens (tertiary/aromatic N) is 2. The number of hydrogen-bond donors (Lipinski definition) is 1. The molecule has 0 saturated carbocycles. The number of Topliss-reactive ketones (excluding diaryl/α,β-unsaturated/α-hetero) is 1. The highest BCUT2D eigenvalue weighted by atomic mass is 79.9. The molecule has 3 heterocycles. The number of ketones is 1. The van der Waals surface area contributed by atoms with Crippen LogP contribution in [0.15, 0.2) is 41.0 Å². The summed E-state index contributed by atoms with van der Waals surface area (Å²) < 4.78 is 6.92. The molecule has 2 aliphatic heterocycles. The summed E-state index contributed by atoms with van der Waals surface area (Å²) in [5.41, 5.74) is 2.18. The number of ether oxygens (including phenoxy) is 1. The predicted molar refractivity (Wildman–Crippen MR) is 110 cm³/mol. The number of hydrogen-bond acceptors (Lipinski definition) is 4. The Bertz CT molecular complexity index is 843.